The average molecular weight is 390 g/mol. The fraction of sp³-hybridized carbons (Fsp3) is 0.409. The molecule has 1 amide bonds. The first-order valence-corrected chi connectivity index (χ1v) is 10.3. The lowest BCUT2D eigenvalue weighted by atomic mass is 9.86. The standard InChI is InChI=1S/C22H28ClNOS/c1-6-20(26-19-13-11-18(23)12-14-19)21(25)24-15(2)16-7-9-17(10-8-16)22(3,4)5/h7-15,20H,6H2,1-5H3,(H,24,25)/t15-,20-/m0/s1. The van der Waals surface area contributed by atoms with E-state index in [4.69, 9.17) is 11.6 Å². The largest absolute Gasteiger partial charge is 0.349 e. The second-order valence-electron chi connectivity index (χ2n) is 7.57. The fourth-order valence-electron chi connectivity index (χ4n) is 2.66. The number of carbonyl (C=O) groups excluding carboxylic acids is 1. The molecule has 0 heterocycles. The van der Waals surface area contributed by atoms with Crippen LogP contribution in [0.1, 0.15) is 58.2 Å². The zero-order valence-corrected chi connectivity index (χ0v) is 17.7. The topological polar surface area (TPSA) is 29.1 Å². The maximum absolute atomic E-state index is 12.7. The number of hydrogen-bond donors (Lipinski definition) is 1. The lowest BCUT2D eigenvalue weighted by molar-refractivity contribution is -0.121. The molecule has 0 aliphatic heterocycles. The minimum Gasteiger partial charge on any atom is -0.349 e. The Morgan fingerprint density at radius 3 is 2.15 bits per heavy atom. The Balaban J connectivity index is 2.00. The molecule has 0 aliphatic carbocycles. The molecule has 140 valence electrons. The lowest BCUT2D eigenvalue weighted by Crippen LogP contribution is -2.34. The van der Waals surface area contributed by atoms with Crippen molar-refractivity contribution < 1.29 is 4.79 Å². The number of amides is 1. The highest BCUT2D eigenvalue weighted by atomic mass is 35.5. The molecule has 0 aliphatic rings. The summed E-state index contributed by atoms with van der Waals surface area (Å²) >= 11 is 7.51. The van der Waals surface area contributed by atoms with E-state index < -0.39 is 0 Å². The summed E-state index contributed by atoms with van der Waals surface area (Å²) in [4.78, 5) is 13.8. The van der Waals surface area contributed by atoms with Crippen LogP contribution in [-0.4, -0.2) is 11.2 Å². The van der Waals surface area contributed by atoms with Crippen molar-refractivity contribution >= 4 is 29.3 Å². The summed E-state index contributed by atoms with van der Waals surface area (Å²) in [6.07, 6.45) is 0.773. The fourth-order valence-corrected chi connectivity index (χ4v) is 3.75. The quantitative estimate of drug-likeness (QED) is 0.580. The van der Waals surface area contributed by atoms with Gasteiger partial charge in [-0.2, -0.15) is 0 Å². The summed E-state index contributed by atoms with van der Waals surface area (Å²) in [5.41, 5.74) is 2.55. The van der Waals surface area contributed by atoms with Crippen LogP contribution in [0.4, 0.5) is 0 Å². The Labute approximate surface area is 166 Å². The molecule has 2 aromatic rings. The van der Waals surface area contributed by atoms with Gasteiger partial charge in [-0.1, -0.05) is 63.6 Å². The van der Waals surface area contributed by atoms with Crippen LogP contribution in [0.2, 0.25) is 5.02 Å². The molecule has 0 spiro atoms. The van der Waals surface area contributed by atoms with Gasteiger partial charge in [-0.05, 0) is 54.2 Å². The van der Waals surface area contributed by atoms with Gasteiger partial charge in [0.25, 0.3) is 0 Å². The predicted molar refractivity (Wildman–Crippen MR) is 113 cm³/mol. The van der Waals surface area contributed by atoms with E-state index in [2.05, 4.69) is 50.4 Å². The van der Waals surface area contributed by atoms with Crippen LogP contribution >= 0.6 is 23.4 Å². The van der Waals surface area contributed by atoms with E-state index in [-0.39, 0.29) is 22.6 Å². The highest BCUT2D eigenvalue weighted by Gasteiger charge is 2.20. The molecule has 2 nitrogen and oxygen atoms in total. The Morgan fingerprint density at radius 2 is 1.65 bits per heavy atom. The van der Waals surface area contributed by atoms with E-state index in [9.17, 15) is 4.79 Å². The van der Waals surface area contributed by atoms with E-state index in [1.165, 1.54) is 5.56 Å². The highest BCUT2D eigenvalue weighted by molar-refractivity contribution is 8.00. The summed E-state index contributed by atoms with van der Waals surface area (Å²) in [5, 5.41) is 3.74. The van der Waals surface area contributed by atoms with Gasteiger partial charge in [0.2, 0.25) is 5.91 Å². The van der Waals surface area contributed by atoms with Crippen molar-refractivity contribution in [2.75, 3.05) is 0 Å². The SMILES string of the molecule is CC[C@H](Sc1ccc(Cl)cc1)C(=O)N[C@@H](C)c1ccc(C(C)(C)C)cc1. The molecule has 26 heavy (non-hydrogen) atoms. The number of hydrogen-bond acceptors (Lipinski definition) is 2. The van der Waals surface area contributed by atoms with Crippen LogP contribution in [0.5, 0.6) is 0 Å². The van der Waals surface area contributed by atoms with E-state index in [0.717, 1.165) is 16.9 Å². The number of thioether (sulfide) groups is 1. The van der Waals surface area contributed by atoms with Gasteiger partial charge in [0.15, 0.2) is 0 Å². The number of nitrogens with one attached hydrogen (secondary N) is 1. The number of carbonyl (C=O) groups is 1. The van der Waals surface area contributed by atoms with Crippen LogP contribution in [0.25, 0.3) is 0 Å². The molecule has 4 heteroatoms. The zero-order valence-electron chi connectivity index (χ0n) is 16.2. The summed E-state index contributed by atoms with van der Waals surface area (Å²) < 4.78 is 0. The molecule has 0 unspecified atom stereocenters. The van der Waals surface area contributed by atoms with Crippen molar-refractivity contribution in [2.24, 2.45) is 0 Å². The van der Waals surface area contributed by atoms with Crippen molar-refractivity contribution in [1.82, 2.24) is 5.32 Å². The molecule has 0 radical (unpaired) electrons. The van der Waals surface area contributed by atoms with Crippen LogP contribution in [0, 0.1) is 0 Å². The Bertz CT molecular complexity index is 719. The van der Waals surface area contributed by atoms with Gasteiger partial charge in [0.1, 0.15) is 0 Å². The van der Waals surface area contributed by atoms with Gasteiger partial charge < -0.3 is 5.32 Å². The second-order valence-corrected chi connectivity index (χ2v) is 9.28. The minimum absolute atomic E-state index is 0.0172. The van der Waals surface area contributed by atoms with Gasteiger partial charge in [0.05, 0.1) is 11.3 Å². The van der Waals surface area contributed by atoms with Crippen molar-refractivity contribution in [2.45, 2.75) is 62.6 Å². The molecule has 2 rings (SSSR count). The zero-order chi connectivity index (χ0) is 19.3. The second kappa shape index (κ2) is 8.96. The smallest absolute Gasteiger partial charge is 0.233 e. The van der Waals surface area contributed by atoms with Crippen molar-refractivity contribution in [3.8, 4) is 0 Å². The predicted octanol–water partition coefficient (Wildman–Crippen LogP) is 6.39. The number of rotatable bonds is 6. The molecule has 1 N–H and O–H groups in total. The van der Waals surface area contributed by atoms with E-state index in [1.807, 2.05) is 38.1 Å². The van der Waals surface area contributed by atoms with E-state index >= 15 is 0 Å². The molecular weight excluding hydrogens is 362 g/mol. The van der Waals surface area contributed by atoms with Crippen LogP contribution in [-0.2, 0) is 10.2 Å². The van der Waals surface area contributed by atoms with Crippen molar-refractivity contribution in [3.63, 3.8) is 0 Å². The highest BCUT2D eigenvalue weighted by Crippen LogP contribution is 2.28. The van der Waals surface area contributed by atoms with Crippen LogP contribution in [0.3, 0.4) is 0 Å². The molecule has 2 atom stereocenters. The first-order chi connectivity index (χ1) is 12.2. The monoisotopic (exact) mass is 389 g/mol. The summed E-state index contributed by atoms with van der Waals surface area (Å²) in [5.74, 6) is 0.0693. The molecule has 0 bridgehead atoms. The van der Waals surface area contributed by atoms with Gasteiger partial charge in [0, 0.05) is 9.92 Å². The Hall–Kier alpha value is -1.45. The van der Waals surface area contributed by atoms with Gasteiger partial charge in [-0.15, -0.1) is 11.8 Å². The molecule has 0 saturated carbocycles. The minimum atomic E-state index is -0.118. The van der Waals surface area contributed by atoms with E-state index in [1.54, 1.807) is 11.8 Å². The maximum Gasteiger partial charge on any atom is 0.233 e. The molecule has 0 fully saturated rings. The maximum atomic E-state index is 12.7. The van der Waals surface area contributed by atoms with Gasteiger partial charge >= 0.3 is 0 Å². The van der Waals surface area contributed by atoms with E-state index in [0.29, 0.717) is 5.02 Å². The average Bonchev–Trinajstić information content (AvgIpc) is 2.60. The summed E-state index contributed by atoms with van der Waals surface area (Å²) in [6.45, 7) is 10.7. The first kappa shape index (κ1) is 20.9. The first-order valence-electron chi connectivity index (χ1n) is 9.03. The third-order valence-electron chi connectivity index (χ3n) is 4.39. The molecule has 0 saturated heterocycles. The normalized spacial score (nSPS) is 13.9. The molecular formula is C22H28ClNOS. The Morgan fingerprint density at radius 1 is 1.08 bits per heavy atom. The van der Waals surface area contributed by atoms with Gasteiger partial charge in [-0.3, -0.25) is 4.79 Å². The van der Waals surface area contributed by atoms with Crippen LogP contribution < -0.4 is 5.32 Å². The third-order valence-corrected chi connectivity index (χ3v) is 6.02. The van der Waals surface area contributed by atoms with Crippen LogP contribution in [0.15, 0.2) is 53.4 Å². The molecule has 2 aromatic carbocycles. The Kier molecular flexibility index (Phi) is 7.19. The van der Waals surface area contributed by atoms with Crippen molar-refractivity contribution in [3.05, 3.63) is 64.7 Å². The number of halogens is 1. The summed E-state index contributed by atoms with van der Waals surface area (Å²) in [7, 11) is 0. The number of benzene rings is 2. The third kappa shape index (κ3) is 5.78. The molecule has 0 aromatic heterocycles. The van der Waals surface area contributed by atoms with Crippen molar-refractivity contribution in [1.29, 1.82) is 0 Å². The van der Waals surface area contributed by atoms with Gasteiger partial charge in [-0.25, -0.2) is 0 Å². The lowest BCUT2D eigenvalue weighted by Gasteiger charge is -2.22. The summed E-state index contributed by atoms with van der Waals surface area (Å²) in [6, 6.07) is 16.1.